The van der Waals surface area contributed by atoms with Gasteiger partial charge in [-0.2, -0.15) is 5.10 Å². The molecule has 5 rings (SSSR count). The van der Waals surface area contributed by atoms with E-state index in [9.17, 15) is 9.59 Å². The number of carbonyl (C=O) groups excluding carboxylic acids is 1. The van der Waals surface area contributed by atoms with E-state index in [2.05, 4.69) is 30.3 Å². The van der Waals surface area contributed by atoms with Crippen molar-refractivity contribution in [3.63, 3.8) is 0 Å². The van der Waals surface area contributed by atoms with Crippen molar-refractivity contribution in [1.29, 1.82) is 0 Å². The SMILES string of the molecule is Cc1c(NC(=O)C2CCN(c3cc(-n4cncn4)ncn3)CC2)c(=O)n(-c2ccccc2)n1C. The van der Waals surface area contributed by atoms with Gasteiger partial charge in [-0.05, 0) is 31.9 Å². The van der Waals surface area contributed by atoms with Crippen LogP contribution in [0.5, 0.6) is 0 Å². The van der Waals surface area contributed by atoms with Crippen molar-refractivity contribution in [2.45, 2.75) is 19.8 Å². The number of anilines is 2. The van der Waals surface area contributed by atoms with Gasteiger partial charge in [0.15, 0.2) is 5.82 Å². The van der Waals surface area contributed by atoms with Crippen LogP contribution < -0.4 is 15.8 Å². The topological polar surface area (TPSA) is 116 Å². The second kappa shape index (κ2) is 8.93. The molecule has 1 aliphatic rings. The first-order valence-electron chi connectivity index (χ1n) is 11.1. The first kappa shape index (κ1) is 21.6. The number of rotatable bonds is 5. The largest absolute Gasteiger partial charge is 0.356 e. The summed E-state index contributed by atoms with van der Waals surface area (Å²) in [6, 6.07) is 11.2. The lowest BCUT2D eigenvalue weighted by Gasteiger charge is -2.32. The van der Waals surface area contributed by atoms with Gasteiger partial charge in [0, 0.05) is 32.1 Å². The average Bonchev–Trinajstić information content (AvgIpc) is 3.49. The molecule has 1 amide bonds. The first-order chi connectivity index (χ1) is 16.5. The van der Waals surface area contributed by atoms with Gasteiger partial charge < -0.3 is 10.2 Å². The third-order valence-corrected chi connectivity index (χ3v) is 6.28. The Labute approximate surface area is 195 Å². The molecule has 0 bridgehead atoms. The van der Waals surface area contributed by atoms with E-state index in [0.29, 0.717) is 43.1 Å². The second-order valence-corrected chi connectivity index (χ2v) is 8.26. The zero-order valence-electron chi connectivity index (χ0n) is 19.0. The summed E-state index contributed by atoms with van der Waals surface area (Å²) in [5.41, 5.74) is 1.55. The highest BCUT2D eigenvalue weighted by atomic mass is 16.2. The zero-order chi connectivity index (χ0) is 23.7. The molecule has 1 aromatic carbocycles. The molecule has 174 valence electrons. The number of benzene rings is 1. The lowest BCUT2D eigenvalue weighted by Crippen LogP contribution is -2.39. The summed E-state index contributed by atoms with van der Waals surface area (Å²) < 4.78 is 4.91. The number of carbonyl (C=O) groups is 1. The van der Waals surface area contributed by atoms with E-state index in [4.69, 9.17) is 0 Å². The van der Waals surface area contributed by atoms with E-state index in [0.717, 1.165) is 11.5 Å². The van der Waals surface area contributed by atoms with Crippen LogP contribution in [0.15, 0.2) is 60.2 Å². The fourth-order valence-electron chi connectivity index (χ4n) is 4.27. The molecule has 1 saturated heterocycles. The molecule has 0 spiro atoms. The van der Waals surface area contributed by atoms with Crippen molar-refractivity contribution in [1.82, 2.24) is 34.1 Å². The molecule has 0 aliphatic carbocycles. The summed E-state index contributed by atoms with van der Waals surface area (Å²) in [4.78, 5) is 40.8. The van der Waals surface area contributed by atoms with Crippen LogP contribution >= 0.6 is 0 Å². The highest BCUT2D eigenvalue weighted by Crippen LogP contribution is 2.24. The van der Waals surface area contributed by atoms with Crippen LogP contribution in [-0.2, 0) is 11.8 Å². The highest BCUT2D eigenvalue weighted by Gasteiger charge is 2.28. The van der Waals surface area contributed by atoms with Gasteiger partial charge in [-0.25, -0.2) is 24.3 Å². The van der Waals surface area contributed by atoms with Gasteiger partial charge in [-0.15, -0.1) is 0 Å². The maximum atomic E-state index is 13.1. The van der Waals surface area contributed by atoms with Crippen molar-refractivity contribution in [3.8, 4) is 11.5 Å². The number of aromatic nitrogens is 7. The monoisotopic (exact) mass is 459 g/mol. The van der Waals surface area contributed by atoms with Gasteiger partial charge in [-0.1, -0.05) is 18.2 Å². The smallest absolute Gasteiger partial charge is 0.295 e. The molecule has 0 atom stereocenters. The van der Waals surface area contributed by atoms with Crippen molar-refractivity contribution in [2.75, 3.05) is 23.3 Å². The van der Waals surface area contributed by atoms with Gasteiger partial charge in [0.25, 0.3) is 5.56 Å². The predicted octanol–water partition coefficient (Wildman–Crippen LogP) is 1.71. The number of nitrogens with zero attached hydrogens (tertiary/aromatic N) is 8. The molecule has 1 N–H and O–H groups in total. The van der Waals surface area contributed by atoms with Gasteiger partial charge in [-0.3, -0.25) is 14.3 Å². The van der Waals surface area contributed by atoms with Crippen molar-refractivity contribution < 1.29 is 4.79 Å². The van der Waals surface area contributed by atoms with Gasteiger partial charge in [0.2, 0.25) is 5.91 Å². The van der Waals surface area contributed by atoms with Crippen LogP contribution in [0.1, 0.15) is 18.5 Å². The van der Waals surface area contributed by atoms with Crippen LogP contribution in [0.2, 0.25) is 0 Å². The summed E-state index contributed by atoms with van der Waals surface area (Å²) in [5, 5.41) is 7.01. The molecule has 34 heavy (non-hydrogen) atoms. The second-order valence-electron chi connectivity index (χ2n) is 8.26. The minimum Gasteiger partial charge on any atom is -0.356 e. The number of piperidine rings is 1. The van der Waals surface area contributed by atoms with Crippen LogP contribution in [0.4, 0.5) is 11.5 Å². The normalized spacial score (nSPS) is 14.4. The van der Waals surface area contributed by atoms with E-state index in [1.54, 1.807) is 20.4 Å². The Bertz CT molecular complexity index is 1350. The Morgan fingerprint density at radius 1 is 1.06 bits per heavy atom. The third kappa shape index (κ3) is 3.96. The molecule has 0 saturated carbocycles. The maximum absolute atomic E-state index is 13.1. The lowest BCUT2D eigenvalue weighted by molar-refractivity contribution is -0.120. The zero-order valence-corrected chi connectivity index (χ0v) is 19.0. The first-order valence-corrected chi connectivity index (χ1v) is 11.1. The Kier molecular flexibility index (Phi) is 5.66. The highest BCUT2D eigenvalue weighted by molar-refractivity contribution is 5.93. The quantitative estimate of drug-likeness (QED) is 0.483. The summed E-state index contributed by atoms with van der Waals surface area (Å²) in [5.74, 6) is 1.11. The molecule has 0 radical (unpaired) electrons. The standard InChI is InChI=1S/C23H25N9O2/c1-16-21(23(34)32(29(16)2)18-6-4-3-5-7-18)28-22(33)17-8-10-30(11-9-17)19-12-20(26-14-25-19)31-15-24-13-27-31/h3-7,12-15,17H,8-11H2,1-2H3,(H,28,33). The molecular formula is C23H25N9O2. The van der Waals surface area contributed by atoms with Crippen LogP contribution in [0.3, 0.4) is 0 Å². The van der Waals surface area contributed by atoms with Crippen molar-refractivity contribution >= 4 is 17.4 Å². The fraction of sp³-hybridized carbons (Fsp3) is 0.304. The van der Waals surface area contributed by atoms with Crippen molar-refractivity contribution in [3.05, 3.63) is 71.4 Å². The van der Waals surface area contributed by atoms with Gasteiger partial charge in [0.05, 0.1) is 11.4 Å². The van der Waals surface area contributed by atoms with Crippen LogP contribution in [-0.4, -0.2) is 53.1 Å². The third-order valence-electron chi connectivity index (χ3n) is 6.28. The number of para-hydroxylation sites is 1. The molecule has 1 fully saturated rings. The summed E-state index contributed by atoms with van der Waals surface area (Å²) in [6.45, 7) is 3.18. The number of hydrogen-bond donors (Lipinski definition) is 1. The Morgan fingerprint density at radius 3 is 2.50 bits per heavy atom. The Morgan fingerprint density at radius 2 is 1.79 bits per heavy atom. The molecule has 11 nitrogen and oxygen atoms in total. The number of nitrogens with one attached hydrogen (secondary N) is 1. The molecular weight excluding hydrogens is 434 g/mol. The number of hydrogen-bond acceptors (Lipinski definition) is 7. The lowest BCUT2D eigenvalue weighted by atomic mass is 9.96. The van der Waals surface area contributed by atoms with Crippen LogP contribution in [0, 0.1) is 12.8 Å². The minimum absolute atomic E-state index is 0.128. The predicted molar refractivity (Wildman–Crippen MR) is 126 cm³/mol. The van der Waals surface area contributed by atoms with E-state index in [1.807, 2.05) is 50.4 Å². The molecule has 11 heteroatoms. The molecule has 3 aromatic heterocycles. The molecule has 0 unspecified atom stereocenters. The average molecular weight is 460 g/mol. The maximum Gasteiger partial charge on any atom is 0.295 e. The fourth-order valence-corrected chi connectivity index (χ4v) is 4.27. The molecule has 4 aromatic rings. The van der Waals surface area contributed by atoms with Gasteiger partial charge >= 0.3 is 0 Å². The van der Waals surface area contributed by atoms with Crippen LogP contribution in [0.25, 0.3) is 11.5 Å². The molecule has 4 heterocycles. The van der Waals surface area contributed by atoms with E-state index in [-0.39, 0.29) is 17.4 Å². The van der Waals surface area contributed by atoms with E-state index < -0.39 is 0 Å². The summed E-state index contributed by atoms with van der Waals surface area (Å²) in [6.07, 6.45) is 5.86. The molecule has 1 aliphatic heterocycles. The van der Waals surface area contributed by atoms with E-state index >= 15 is 0 Å². The summed E-state index contributed by atoms with van der Waals surface area (Å²) >= 11 is 0. The Hall–Kier alpha value is -4.28. The summed E-state index contributed by atoms with van der Waals surface area (Å²) in [7, 11) is 1.81. The van der Waals surface area contributed by atoms with Crippen molar-refractivity contribution in [2.24, 2.45) is 13.0 Å². The van der Waals surface area contributed by atoms with E-state index in [1.165, 1.54) is 12.7 Å². The number of amides is 1. The minimum atomic E-state index is -0.237. The Balaban J connectivity index is 1.27. The van der Waals surface area contributed by atoms with Gasteiger partial charge in [0.1, 0.15) is 30.5 Å².